The third-order valence-electron chi connectivity index (χ3n) is 3.66. The Kier molecular flexibility index (Phi) is 4.71. The first-order valence-corrected chi connectivity index (χ1v) is 8.55. The summed E-state index contributed by atoms with van der Waals surface area (Å²) in [4.78, 5) is 27.6. The average molecular weight is 330 g/mol. The lowest BCUT2D eigenvalue weighted by molar-refractivity contribution is -0.148. The quantitative estimate of drug-likeness (QED) is 0.826. The van der Waals surface area contributed by atoms with E-state index in [0.29, 0.717) is 5.13 Å². The van der Waals surface area contributed by atoms with Crippen LogP contribution in [0, 0.1) is 5.92 Å². The highest BCUT2D eigenvalue weighted by Crippen LogP contribution is 2.30. The molecular formula is C17H18N2O3S. The highest BCUT2D eigenvalue weighted by Gasteiger charge is 2.31. The first kappa shape index (κ1) is 15.7. The molecule has 1 amide bonds. The van der Waals surface area contributed by atoms with Crippen molar-refractivity contribution < 1.29 is 14.3 Å². The molecule has 1 aliphatic rings. The molecule has 1 saturated carbocycles. The van der Waals surface area contributed by atoms with Gasteiger partial charge in [0.2, 0.25) is 0 Å². The van der Waals surface area contributed by atoms with Crippen LogP contribution < -0.4 is 5.32 Å². The lowest BCUT2D eigenvalue weighted by atomic mass is 10.1. The third kappa shape index (κ3) is 4.16. The molecule has 1 aromatic carbocycles. The Morgan fingerprint density at radius 3 is 2.70 bits per heavy atom. The van der Waals surface area contributed by atoms with Crippen molar-refractivity contribution in [2.24, 2.45) is 5.92 Å². The van der Waals surface area contributed by atoms with Gasteiger partial charge in [-0.15, -0.1) is 11.3 Å². The van der Waals surface area contributed by atoms with Crippen molar-refractivity contribution in [2.75, 3.05) is 11.9 Å². The predicted molar refractivity (Wildman–Crippen MR) is 89.2 cm³/mol. The van der Waals surface area contributed by atoms with Crippen molar-refractivity contribution in [2.45, 2.75) is 26.2 Å². The molecule has 1 heterocycles. The van der Waals surface area contributed by atoms with Crippen molar-refractivity contribution in [3.05, 3.63) is 35.2 Å². The molecule has 0 atom stereocenters. The minimum atomic E-state index is -0.360. The standard InChI is InChI=1S/C17H18N2O3S/c1-2-11-3-5-12(6-4-11)14-10-23-17(18-14)19-15(20)9-22-16(21)13-7-8-13/h3-6,10,13H,2,7-9H2,1H3,(H,18,19,20). The van der Waals surface area contributed by atoms with E-state index in [2.05, 4.69) is 29.4 Å². The summed E-state index contributed by atoms with van der Waals surface area (Å²) in [6.07, 6.45) is 2.73. The number of thiazole rings is 1. The Balaban J connectivity index is 1.55. The average Bonchev–Trinajstić information content (AvgIpc) is 3.33. The zero-order valence-corrected chi connectivity index (χ0v) is 13.7. The normalized spacial score (nSPS) is 13.6. The van der Waals surface area contributed by atoms with Gasteiger partial charge in [0.05, 0.1) is 11.6 Å². The minimum absolute atomic E-state index is 0.000331. The molecule has 1 aliphatic carbocycles. The van der Waals surface area contributed by atoms with Gasteiger partial charge in [-0.25, -0.2) is 4.98 Å². The van der Waals surface area contributed by atoms with Gasteiger partial charge in [-0.05, 0) is 24.8 Å². The summed E-state index contributed by atoms with van der Waals surface area (Å²) in [6, 6.07) is 8.20. The molecular weight excluding hydrogens is 312 g/mol. The van der Waals surface area contributed by atoms with Gasteiger partial charge in [-0.2, -0.15) is 0 Å². The van der Waals surface area contributed by atoms with Gasteiger partial charge < -0.3 is 4.74 Å². The van der Waals surface area contributed by atoms with E-state index in [1.165, 1.54) is 16.9 Å². The van der Waals surface area contributed by atoms with E-state index in [9.17, 15) is 9.59 Å². The van der Waals surface area contributed by atoms with E-state index in [1.54, 1.807) is 0 Å². The first-order valence-electron chi connectivity index (χ1n) is 7.67. The number of benzene rings is 1. The number of carbonyl (C=O) groups is 2. The number of esters is 1. The summed E-state index contributed by atoms with van der Waals surface area (Å²) < 4.78 is 4.94. The summed E-state index contributed by atoms with van der Waals surface area (Å²) in [5.41, 5.74) is 3.11. The number of rotatable bonds is 6. The number of nitrogens with zero attached hydrogens (tertiary/aromatic N) is 1. The van der Waals surface area contributed by atoms with Crippen LogP contribution in [0.3, 0.4) is 0 Å². The Morgan fingerprint density at radius 2 is 2.04 bits per heavy atom. The third-order valence-corrected chi connectivity index (χ3v) is 4.42. The van der Waals surface area contributed by atoms with Crippen LogP contribution in [0.2, 0.25) is 0 Å². The Hall–Kier alpha value is -2.21. The van der Waals surface area contributed by atoms with Crippen molar-refractivity contribution in [1.29, 1.82) is 0 Å². The van der Waals surface area contributed by atoms with Gasteiger partial charge in [-0.1, -0.05) is 31.2 Å². The molecule has 1 aromatic heterocycles. The van der Waals surface area contributed by atoms with Crippen LogP contribution in [0.25, 0.3) is 11.3 Å². The molecule has 0 aliphatic heterocycles. The van der Waals surface area contributed by atoms with Gasteiger partial charge in [0.1, 0.15) is 0 Å². The van der Waals surface area contributed by atoms with Gasteiger partial charge in [-0.3, -0.25) is 14.9 Å². The second-order valence-electron chi connectivity index (χ2n) is 5.52. The fourth-order valence-corrected chi connectivity index (χ4v) is 2.84. The second kappa shape index (κ2) is 6.91. The molecule has 0 radical (unpaired) electrons. The van der Waals surface area contributed by atoms with Crippen molar-refractivity contribution in [3.63, 3.8) is 0 Å². The summed E-state index contributed by atoms with van der Waals surface area (Å²) in [6.45, 7) is 1.86. The van der Waals surface area contributed by atoms with Crippen LogP contribution in [0.1, 0.15) is 25.3 Å². The van der Waals surface area contributed by atoms with Crippen LogP contribution in [0.5, 0.6) is 0 Å². The molecule has 6 heteroatoms. The van der Waals surface area contributed by atoms with Crippen LogP contribution in [-0.4, -0.2) is 23.5 Å². The van der Waals surface area contributed by atoms with Gasteiger partial charge in [0.15, 0.2) is 11.7 Å². The van der Waals surface area contributed by atoms with Gasteiger partial charge in [0, 0.05) is 10.9 Å². The minimum Gasteiger partial charge on any atom is -0.455 e. The molecule has 1 fully saturated rings. The fraction of sp³-hybridized carbons (Fsp3) is 0.353. The zero-order valence-electron chi connectivity index (χ0n) is 12.9. The number of aromatic nitrogens is 1. The molecule has 120 valence electrons. The zero-order chi connectivity index (χ0) is 16.2. The number of ether oxygens (including phenoxy) is 1. The van der Waals surface area contributed by atoms with E-state index in [-0.39, 0.29) is 24.4 Å². The van der Waals surface area contributed by atoms with E-state index < -0.39 is 0 Å². The summed E-state index contributed by atoms with van der Waals surface area (Å²) in [5, 5.41) is 5.06. The monoisotopic (exact) mass is 330 g/mol. The number of aryl methyl sites for hydroxylation is 1. The molecule has 0 bridgehead atoms. The summed E-state index contributed by atoms with van der Waals surface area (Å²) >= 11 is 1.35. The maximum atomic E-state index is 11.8. The smallest absolute Gasteiger partial charge is 0.309 e. The van der Waals surface area contributed by atoms with Crippen LogP contribution >= 0.6 is 11.3 Å². The lowest BCUT2D eigenvalue weighted by Gasteiger charge is -2.03. The topological polar surface area (TPSA) is 68.3 Å². The number of nitrogens with one attached hydrogen (secondary N) is 1. The summed E-state index contributed by atoms with van der Waals surface area (Å²) in [7, 11) is 0. The van der Waals surface area contributed by atoms with Gasteiger partial charge in [0.25, 0.3) is 5.91 Å². The second-order valence-corrected chi connectivity index (χ2v) is 6.38. The van der Waals surface area contributed by atoms with Crippen molar-refractivity contribution in [1.82, 2.24) is 4.98 Å². The molecule has 2 aromatic rings. The Bertz CT molecular complexity index is 705. The first-order chi connectivity index (χ1) is 11.2. The molecule has 3 rings (SSSR count). The highest BCUT2D eigenvalue weighted by molar-refractivity contribution is 7.14. The van der Waals surface area contributed by atoms with Crippen LogP contribution in [-0.2, 0) is 20.7 Å². The number of carbonyl (C=O) groups excluding carboxylic acids is 2. The largest absolute Gasteiger partial charge is 0.455 e. The molecule has 0 unspecified atom stereocenters. The lowest BCUT2D eigenvalue weighted by Crippen LogP contribution is -2.21. The number of amides is 1. The molecule has 0 saturated heterocycles. The molecule has 5 nitrogen and oxygen atoms in total. The predicted octanol–water partition coefficient (Wildman–Crippen LogP) is 3.26. The Labute approximate surface area is 138 Å². The number of anilines is 1. The van der Waals surface area contributed by atoms with Crippen LogP contribution in [0.15, 0.2) is 29.6 Å². The number of hydrogen-bond acceptors (Lipinski definition) is 5. The highest BCUT2D eigenvalue weighted by atomic mass is 32.1. The van der Waals surface area contributed by atoms with Crippen molar-refractivity contribution >= 4 is 28.3 Å². The molecule has 23 heavy (non-hydrogen) atoms. The SMILES string of the molecule is CCc1ccc(-c2csc(NC(=O)COC(=O)C3CC3)n2)cc1. The molecule has 1 N–H and O–H groups in total. The Morgan fingerprint density at radius 1 is 1.30 bits per heavy atom. The van der Waals surface area contributed by atoms with E-state index >= 15 is 0 Å². The molecule has 0 spiro atoms. The maximum absolute atomic E-state index is 11.8. The fourth-order valence-electron chi connectivity index (χ4n) is 2.10. The van der Waals surface area contributed by atoms with E-state index in [0.717, 1.165) is 30.5 Å². The maximum Gasteiger partial charge on any atom is 0.309 e. The van der Waals surface area contributed by atoms with E-state index in [1.807, 2.05) is 17.5 Å². The van der Waals surface area contributed by atoms with Crippen molar-refractivity contribution in [3.8, 4) is 11.3 Å². The van der Waals surface area contributed by atoms with E-state index in [4.69, 9.17) is 4.74 Å². The van der Waals surface area contributed by atoms with Gasteiger partial charge >= 0.3 is 5.97 Å². The number of hydrogen-bond donors (Lipinski definition) is 1. The van der Waals surface area contributed by atoms with Crippen LogP contribution in [0.4, 0.5) is 5.13 Å². The summed E-state index contributed by atoms with van der Waals surface area (Å²) in [5.74, 6) is -0.641.